The molecule has 1 saturated heterocycles. The van der Waals surface area contributed by atoms with Gasteiger partial charge in [0.05, 0.1) is 13.2 Å². The van der Waals surface area contributed by atoms with Crippen LogP contribution < -0.4 is 15.5 Å². The van der Waals surface area contributed by atoms with Crippen LogP contribution in [-0.2, 0) is 11.3 Å². The summed E-state index contributed by atoms with van der Waals surface area (Å²) in [6, 6.07) is 5.58. The lowest BCUT2D eigenvalue weighted by Gasteiger charge is -2.28. The van der Waals surface area contributed by atoms with Crippen LogP contribution in [0.2, 0.25) is 5.15 Å². The summed E-state index contributed by atoms with van der Waals surface area (Å²) in [6.07, 6.45) is 3.51. The van der Waals surface area contributed by atoms with Gasteiger partial charge in [-0.05, 0) is 23.8 Å². The Hall–Kier alpha value is -2.03. The van der Waals surface area contributed by atoms with Crippen LogP contribution in [0.15, 0.2) is 30.6 Å². The molecular weight excluding hydrogens is 348 g/mol. The first kappa shape index (κ1) is 16.8. The van der Waals surface area contributed by atoms with Crippen molar-refractivity contribution in [1.29, 1.82) is 0 Å². The van der Waals surface area contributed by atoms with Crippen molar-refractivity contribution in [2.75, 3.05) is 36.5 Å². The van der Waals surface area contributed by atoms with Gasteiger partial charge in [-0.2, -0.15) is 4.98 Å². The second-order valence-electron chi connectivity index (χ2n) is 5.14. The maximum atomic E-state index is 6.10. The van der Waals surface area contributed by atoms with Crippen molar-refractivity contribution in [2.45, 2.75) is 6.54 Å². The van der Waals surface area contributed by atoms with Gasteiger partial charge in [0.15, 0.2) is 5.11 Å². The predicted octanol–water partition coefficient (Wildman–Crippen LogP) is 1.85. The normalized spacial score (nSPS) is 14.3. The largest absolute Gasteiger partial charge is 0.378 e. The van der Waals surface area contributed by atoms with E-state index in [9.17, 15) is 0 Å². The zero-order valence-corrected chi connectivity index (χ0v) is 14.5. The molecule has 0 bridgehead atoms. The van der Waals surface area contributed by atoms with E-state index in [2.05, 4.69) is 30.5 Å². The molecule has 0 radical (unpaired) electrons. The van der Waals surface area contributed by atoms with Crippen LogP contribution in [0.5, 0.6) is 0 Å². The van der Waals surface area contributed by atoms with E-state index in [4.69, 9.17) is 28.6 Å². The van der Waals surface area contributed by atoms with E-state index < -0.39 is 0 Å². The molecule has 0 atom stereocenters. The van der Waals surface area contributed by atoms with Crippen LogP contribution in [0, 0.1) is 0 Å². The van der Waals surface area contributed by atoms with Gasteiger partial charge in [-0.25, -0.2) is 4.98 Å². The second kappa shape index (κ2) is 8.18. The summed E-state index contributed by atoms with van der Waals surface area (Å²) in [6.45, 7) is 3.47. The van der Waals surface area contributed by atoms with E-state index in [1.54, 1.807) is 18.5 Å². The SMILES string of the molecule is S=C(NCc1cccnc1)Nc1nc(Cl)cc(N2CCOCC2)n1. The summed E-state index contributed by atoms with van der Waals surface area (Å²) in [5, 5.41) is 6.85. The minimum absolute atomic E-state index is 0.365. The van der Waals surface area contributed by atoms with E-state index >= 15 is 0 Å². The average molecular weight is 365 g/mol. The number of anilines is 2. The molecule has 2 N–H and O–H groups in total. The highest BCUT2D eigenvalue weighted by Gasteiger charge is 2.15. The van der Waals surface area contributed by atoms with E-state index in [0.717, 1.165) is 24.5 Å². The molecule has 126 valence electrons. The van der Waals surface area contributed by atoms with Crippen molar-refractivity contribution in [3.05, 3.63) is 41.3 Å². The molecule has 1 aliphatic rings. The Kier molecular flexibility index (Phi) is 5.73. The quantitative estimate of drug-likeness (QED) is 0.629. The van der Waals surface area contributed by atoms with Gasteiger partial charge in [0.25, 0.3) is 0 Å². The number of rotatable bonds is 4. The maximum absolute atomic E-state index is 6.10. The second-order valence-corrected chi connectivity index (χ2v) is 5.94. The first-order valence-electron chi connectivity index (χ1n) is 7.52. The van der Waals surface area contributed by atoms with Crippen molar-refractivity contribution in [3.8, 4) is 0 Å². The standard InChI is InChI=1S/C15H17ClN6OS/c16-12-8-13(22-4-6-23-7-5-22)20-14(19-12)21-15(24)18-10-11-2-1-3-17-9-11/h1-3,8-9H,4-7,10H2,(H2,18,19,20,21,24). The molecule has 1 fully saturated rings. The van der Waals surface area contributed by atoms with Crippen molar-refractivity contribution in [2.24, 2.45) is 0 Å². The Balaban J connectivity index is 1.61. The molecule has 1 aliphatic heterocycles. The van der Waals surface area contributed by atoms with Gasteiger partial charge in [-0.3, -0.25) is 4.98 Å². The highest BCUT2D eigenvalue weighted by atomic mass is 35.5. The molecule has 7 nitrogen and oxygen atoms in total. The zero-order chi connectivity index (χ0) is 16.8. The maximum Gasteiger partial charge on any atom is 0.232 e. The number of halogens is 1. The van der Waals surface area contributed by atoms with Gasteiger partial charge in [-0.15, -0.1) is 0 Å². The molecule has 2 aromatic heterocycles. The van der Waals surface area contributed by atoms with Crippen molar-refractivity contribution >= 4 is 40.7 Å². The molecule has 0 aromatic carbocycles. The van der Waals surface area contributed by atoms with Crippen LogP contribution in [0.25, 0.3) is 0 Å². The molecule has 0 spiro atoms. The van der Waals surface area contributed by atoms with Crippen LogP contribution >= 0.6 is 23.8 Å². The first-order chi connectivity index (χ1) is 11.7. The number of ether oxygens (including phenoxy) is 1. The molecule has 0 aliphatic carbocycles. The van der Waals surface area contributed by atoms with E-state index in [1.807, 2.05) is 12.1 Å². The smallest absolute Gasteiger partial charge is 0.232 e. The summed E-state index contributed by atoms with van der Waals surface area (Å²) in [7, 11) is 0. The minimum atomic E-state index is 0.365. The summed E-state index contributed by atoms with van der Waals surface area (Å²) < 4.78 is 5.35. The third-order valence-corrected chi connectivity index (χ3v) is 3.86. The van der Waals surface area contributed by atoms with Gasteiger partial charge >= 0.3 is 0 Å². The van der Waals surface area contributed by atoms with Crippen LogP contribution in [0.4, 0.5) is 11.8 Å². The number of pyridine rings is 1. The Labute approximate surface area is 150 Å². The number of hydrogen-bond acceptors (Lipinski definition) is 6. The number of aromatic nitrogens is 3. The molecular formula is C15H17ClN6OS. The molecule has 9 heteroatoms. The third kappa shape index (κ3) is 4.73. The zero-order valence-electron chi connectivity index (χ0n) is 12.9. The first-order valence-corrected chi connectivity index (χ1v) is 8.30. The fourth-order valence-electron chi connectivity index (χ4n) is 2.25. The van der Waals surface area contributed by atoms with E-state index in [1.165, 1.54) is 0 Å². The van der Waals surface area contributed by atoms with Gasteiger partial charge < -0.3 is 20.3 Å². The monoisotopic (exact) mass is 364 g/mol. The fourth-order valence-corrected chi connectivity index (χ4v) is 2.59. The summed E-state index contributed by atoms with van der Waals surface area (Å²) in [5.74, 6) is 1.13. The molecule has 3 heterocycles. The highest BCUT2D eigenvalue weighted by molar-refractivity contribution is 7.80. The lowest BCUT2D eigenvalue weighted by Crippen LogP contribution is -2.37. The van der Waals surface area contributed by atoms with Gasteiger partial charge in [-0.1, -0.05) is 17.7 Å². The minimum Gasteiger partial charge on any atom is -0.378 e. The summed E-state index contributed by atoms with van der Waals surface area (Å²) in [5.41, 5.74) is 1.03. The predicted molar refractivity (Wildman–Crippen MR) is 97.4 cm³/mol. The van der Waals surface area contributed by atoms with Crippen molar-refractivity contribution < 1.29 is 4.74 Å². The Bertz CT molecular complexity index is 696. The van der Waals surface area contributed by atoms with Crippen molar-refractivity contribution in [3.63, 3.8) is 0 Å². The number of nitrogens with one attached hydrogen (secondary N) is 2. The molecule has 0 amide bonds. The lowest BCUT2D eigenvalue weighted by atomic mass is 10.3. The summed E-state index contributed by atoms with van der Waals surface area (Å²) >= 11 is 11.4. The average Bonchev–Trinajstić information content (AvgIpc) is 2.61. The van der Waals surface area contributed by atoms with Gasteiger partial charge in [0, 0.05) is 38.1 Å². The number of thiocarbonyl (C=S) groups is 1. The topological polar surface area (TPSA) is 75.2 Å². The Morgan fingerprint density at radius 1 is 1.33 bits per heavy atom. The molecule has 24 heavy (non-hydrogen) atoms. The van der Waals surface area contributed by atoms with E-state index in [0.29, 0.717) is 36.0 Å². The number of nitrogens with zero attached hydrogens (tertiary/aromatic N) is 4. The molecule has 0 saturated carbocycles. The molecule has 0 unspecified atom stereocenters. The molecule has 2 aromatic rings. The number of hydrogen-bond donors (Lipinski definition) is 2. The Morgan fingerprint density at radius 3 is 2.92 bits per heavy atom. The Morgan fingerprint density at radius 2 is 2.17 bits per heavy atom. The molecule has 3 rings (SSSR count). The third-order valence-electron chi connectivity index (χ3n) is 3.42. The van der Waals surface area contributed by atoms with Crippen molar-refractivity contribution in [1.82, 2.24) is 20.3 Å². The van der Waals surface area contributed by atoms with E-state index in [-0.39, 0.29) is 0 Å². The highest BCUT2D eigenvalue weighted by Crippen LogP contribution is 2.19. The van der Waals surface area contributed by atoms with Crippen LogP contribution in [0.1, 0.15) is 5.56 Å². The van der Waals surface area contributed by atoms with Crippen LogP contribution in [-0.4, -0.2) is 46.4 Å². The van der Waals surface area contributed by atoms with Gasteiger partial charge in [0.2, 0.25) is 5.95 Å². The fraction of sp³-hybridized carbons (Fsp3) is 0.333. The number of morpholine rings is 1. The van der Waals surface area contributed by atoms with Crippen LogP contribution in [0.3, 0.4) is 0 Å². The summed E-state index contributed by atoms with van der Waals surface area (Å²) in [4.78, 5) is 14.8. The van der Waals surface area contributed by atoms with Gasteiger partial charge in [0.1, 0.15) is 11.0 Å². The lowest BCUT2D eigenvalue weighted by molar-refractivity contribution is 0.122.